The number of sulfone groups is 1. The zero-order valence-corrected chi connectivity index (χ0v) is 12.4. The predicted octanol–water partition coefficient (Wildman–Crippen LogP) is 2.58. The van der Waals surface area contributed by atoms with E-state index in [4.69, 9.17) is 5.11 Å². The highest BCUT2D eigenvalue weighted by atomic mass is 32.2. The highest BCUT2D eigenvalue weighted by Gasteiger charge is 2.48. The minimum Gasteiger partial charge on any atom is -0.396 e. The van der Waals surface area contributed by atoms with Gasteiger partial charge in [0, 0.05) is 20.2 Å². The summed E-state index contributed by atoms with van der Waals surface area (Å²) in [5.41, 5.74) is -5.29. The summed E-state index contributed by atoms with van der Waals surface area (Å²) < 4.78 is 61.2. The Kier molecular flexibility index (Phi) is 6.03. The molecule has 0 spiro atoms. The molecular formula is C13H18F3NO3S. The van der Waals surface area contributed by atoms with Crippen LogP contribution in [0.5, 0.6) is 0 Å². The fraction of sp³-hybridized carbons (Fsp3) is 0.538. The van der Waals surface area contributed by atoms with Gasteiger partial charge in [0.25, 0.3) is 9.84 Å². The molecule has 1 rings (SSSR count). The summed E-state index contributed by atoms with van der Waals surface area (Å²) in [6.45, 7) is 0.465. The molecule has 120 valence electrons. The standard InChI is InChI=1S/C13H18F3NO3S/c1-17(9-5-2-6-10-18)11-7-3-4-8-12(11)21(19,20)13(14,15)16/h3-4,7-8,18H,2,5-6,9-10H2,1H3. The third-order valence-electron chi connectivity index (χ3n) is 3.02. The monoisotopic (exact) mass is 325 g/mol. The van der Waals surface area contributed by atoms with Crippen molar-refractivity contribution in [2.75, 3.05) is 25.1 Å². The second kappa shape index (κ2) is 7.13. The molecule has 4 nitrogen and oxygen atoms in total. The van der Waals surface area contributed by atoms with Gasteiger partial charge in [-0.05, 0) is 31.4 Å². The lowest BCUT2D eigenvalue weighted by molar-refractivity contribution is -0.0435. The molecule has 21 heavy (non-hydrogen) atoms. The summed E-state index contributed by atoms with van der Waals surface area (Å²) in [4.78, 5) is 0.748. The van der Waals surface area contributed by atoms with Gasteiger partial charge in [0.15, 0.2) is 0 Å². The van der Waals surface area contributed by atoms with E-state index in [-0.39, 0.29) is 12.3 Å². The molecule has 0 aliphatic carbocycles. The molecule has 1 N–H and O–H groups in total. The molecule has 0 atom stereocenters. The molecule has 0 saturated carbocycles. The van der Waals surface area contributed by atoms with E-state index in [1.807, 2.05) is 0 Å². The zero-order chi connectivity index (χ0) is 16.1. The summed E-state index contributed by atoms with van der Waals surface area (Å²) in [6.07, 6.45) is 1.98. The Bertz CT molecular complexity index is 558. The van der Waals surface area contributed by atoms with E-state index in [0.29, 0.717) is 19.4 Å². The third-order valence-corrected chi connectivity index (χ3v) is 4.56. The van der Waals surface area contributed by atoms with Crippen LogP contribution in [-0.4, -0.2) is 39.2 Å². The molecule has 0 heterocycles. The van der Waals surface area contributed by atoms with E-state index >= 15 is 0 Å². The summed E-state index contributed by atoms with van der Waals surface area (Å²) in [5.74, 6) is 0. The van der Waals surface area contributed by atoms with Gasteiger partial charge in [0.1, 0.15) is 0 Å². The van der Waals surface area contributed by atoms with Gasteiger partial charge in [-0.25, -0.2) is 8.42 Å². The van der Waals surface area contributed by atoms with Crippen molar-refractivity contribution in [1.29, 1.82) is 0 Å². The van der Waals surface area contributed by atoms with Crippen LogP contribution >= 0.6 is 0 Å². The third kappa shape index (κ3) is 4.34. The van der Waals surface area contributed by atoms with Crippen LogP contribution < -0.4 is 4.90 Å². The molecule has 0 amide bonds. The van der Waals surface area contributed by atoms with Crippen molar-refractivity contribution in [1.82, 2.24) is 0 Å². The average molecular weight is 325 g/mol. The molecule has 0 saturated heterocycles. The van der Waals surface area contributed by atoms with Gasteiger partial charge in [-0.3, -0.25) is 0 Å². The molecule has 8 heteroatoms. The molecular weight excluding hydrogens is 307 g/mol. The molecule has 0 unspecified atom stereocenters. The first kappa shape index (κ1) is 17.8. The molecule has 0 aromatic heterocycles. The highest BCUT2D eigenvalue weighted by Crippen LogP contribution is 2.35. The second-order valence-corrected chi connectivity index (χ2v) is 6.53. The van der Waals surface area contributed by atoms with Crippen LogP contribution in [0.2, 0.25) is 0 Å². The van der Waals surface area contributed by atoms with Crippen LogP contribution in [-0.2, 0) is 9.84 Å². The maximum absolute atomic E-state index is 12.7. The summed E-state index contributed by atoms with van der Waals surface area (Å²) in [6, 6.07) is 5.07. The maximum Gasteiger partial charge on any atom is 0.501 e. The van der Waals surface area contributed by atoms with Crippen molar-refractivity contribution in [2.24, 2.45) is 0 Å². The second-order valence-electron chi connectivity index (χ2n) is 4.62. The number of rotatable bonds is 7. The van der Waals surface area contributed by atoms with Crippen molar-refractivity contribution in [3.8, 4) is 0 Å². The van der Waals surface area contributed by atoms with Crippen molar-refractivity contribution in [3.63, 3.8) is 0 Å². The number of aliphatic hydroxyl groups is 1. The number of halogens is 3. The zero-order valence-electron chi connectivity index (χ0n) is 11.6. The quantitative estimate of drug-likeness (QED) is 0.783. The van der Waals surface area contributed by atoms with E-state index in [9.17, 15) is 21.6 Å². The first-order valence-electron chi connectivity index (χ1n) is 6.44. The Morgan fingerprint density at radius 3 is 2.33 bits per heavy atom. The number of hydrogen-bond acceptors (Lipinski definition) is 4. The number of hydrogen-bond donors (Lipinski definition) is 1. The number of anilines is 1. The van der Waals surface area contributed by atoms with Gasteiger partial charge in [-0.2, -0.15) is 13.2 Å². The number of unbranched alkanes of at least 4 members (excludes halogenated alkanes) is 2. The topological polar surface area (TPSA) is 57.6 Å². The number of nitrogens with zero attached hydrogens (tertiary/aromatic N) is 1. The fourth-order valence-corrected chi connectivity index (χ4v) is 2.89. The minimum atomic E-state index is -5.37. The van der Waals surface area contributed by atoms with Gasteiger partial charge in [0.2, 0.25) is 0 Å². The summed E-state index contributed by atoms with van der Waals surface area (Å²) in [5, 5.41) is 8.67. The Labute approximate surface area is 122 Å². The van der Waals surface area contributed by atoms with Gasteiger partial charge in [-0.15, -0.1) is 0 Å². The predicted molar refractivity (Wildman–Crippen MR) is 73.9 cm³/mol. The summed E-state index contributed by atoms with van der Waals surface area (Å²) >= 11 is 0. The average Bonchev–Trinajstić information content (AvgIpc) is 2.42. The van der Waals surface area contributed by atoms with E-state index in [1.54, 1.807) is 7.05 Å². The van der Waals surface area contributed by atoms with Crippen molar-refractivity contribution >= 4 is 15.5 Å². The SMILES string of the molecule is CN(CCCCCO)c1ccccc1S(=O)(=O)C(F)(F)F. The van der Waals surface area contributed by atoms with Crippen molar-refractivity contribution < 1.29 is 26.7 Å². The lowest BCUT2D eigenvalue weighted by Crippen LogP contribution is -2.27. The van der Waals surface area contributed by atoms with Crippen molar-refractivity contribution in [2.45, 2.75) is 29.7 Å². The molecule has 1 aromatic rings. The first-order chi connectivity index (χ1) is 9.71. The number of benzene rings is 1. The van der Waals surface area contributed by atoms with E-state index in [1.165, 1.54) is 23.1 Å². The fourth-order valence-electron chi connectivity index (χ4n) is 1.88. The molecule has 1 aromatic carbocycles. The Morgan fingerprint density at radius 2 is 1.76 bits per heavy atom. The van der Waals surface area contributed by atoms with E-state index < -0.39 is 20.2 Å². The largest absolute Gasteiger partial charge is 0.501 e. The molecule has 0 aliphatic heterocycles. The van der Waals surface area contributed by atoms with Crippen LogP contribution in [0.15, 0.2) is 29.2 Å². The molecule has 0 bridgehead atoms. The maximum atomic E-state index is 12.7. The van der Waals surface area contributed by atoms with Gasteiger partial charge in [-0.1, -0.05) is 12.1 Å². The normalized spacial score (nSPS) is 12.4. The van der Waals surface area contributed by atoms with E-state index in [0.717, 1.165) is 12.5 Å². The van der Waals surface area contributed by atoms with Crippen LogP contribution in [0.1, 0.15) is 19.3 Å². The van der Waals surface area contributed by atoms with Crippen LogP contribution in [0, 0.1) is 0 Å². The Balaban J connectivity index is 3.00. The minimum absolute atomic E-state index is 0.0267. The lowest BCUT2D eigenvalue weighted by atomic mass is 10.2. The van der Waals surface area contributed by atoms with Crippen molar-refractivity contribution in [3.05, 3.63) is 24.3 Å². The van der Waals surface area contributed by atoms with E-state index in [2.05, 4.69) is 0 Å². The lowest BCUT2D eigenvalue weighted by Gasteiger charge is -2.22. The first-order valence-corrected chi connectivity index (χ1v) is 7.92. The molecule has 0 fully saturated rings. The van der Waals surface area contributed by atoms with Gasteiger partial charge in [0.05, 0.1) is 10.6 Å². The number of para-hydroxylation sites is 1. The molecule has 0 radical (unpaired) electrons. The summed E-state index contributed by atoms with van der Waals surface area (Å²) in [7, 11) is -3.82. The number of aliphatic hydroxyl groups excluding tert-OH is 1. The Morgan fingerprint density at radius 1 is 1.14 bits per heavy atom. The highest BCUT2D eigenvalue weighted by molar-refractivity contribution is 7.92. The van der Waals surface area contributed by atoms with Gasteiger partial charge < -0.3 is 10.0 Å². The van der Waals surface area contributed by atoms with Crippen LogP contribution in [0.3, 0.4) is 0 Å². The van der Waals surface area contributed by atoms with Gasteiger partial charge >= 0.3 is 5.51 Å². The van der Waals surface area contributed by atoms with Crippen LogP contribution in [0.25, 0.3) is 0 Å². The van der Waals surface area contributed by atoms with Crippen LogP contribution in [0.4, 0.5) is 18.9 Å². The molecule has 0 aliphatic rings. The Hall–Kier alpha value is -1.28. The number of alkyl halides is 3. The smallest absolute Gasteiger partial charge is 0.396 e.